The summed E-state index contributed by atoms with van der Waals surface area (Å²) in [5.74, 6) is -0.0850. The number of nitrogens with zero attached hydrogens (tertiary/aromatic N) is 2. The topological polar surface area (TPSA) is 54.9 Å². The molecule has 0 saturated heterocycles. The van der Waals surface area contributed by atoms with E-state index in [0.29, 0.717) is 10.7 Å². The van der Waals surface area contributed by atoms with Crippen LogP contribution >= 0.6 is 46.5 Å². The fraction of sp³-hybridized carbons (Fsp3) is 0.250. The normalized spacial score (nSPS) is 12.2. The first-order valence-corrected chi connectivity index (χ1v) is 8.99. The van der Waals surface area contributed by atoms with Gasteiger partial charge in [0, 0.05) is 10.7 Å². The number of anilines is 1. The zero-order valence-electron chi connectivity index (χ0n) is 10.8. The third-order valence-corrected chi connectivity index (χ3v) is 5.62. The predicted octanol–water partition coefficient (Wildman–Crippen LogP) is 4.03. The second kappa shape index (κ2) is 7.31. The van der Waals surface area contributed by atoms with Crippen molar-refractivity contribution >= 4 is 58.1 Å². The van der Waals surface area contributed by atoms with E-state index in [1.807, 2.05) is 13.2 Å². The molecule has 1 aromatic carbocycles. The van der Waals surface area contributed by atoms with Gasteiger partial charge in [-0.2, -0.15) is 0 Å². The summed E-state index contributed by atoms with van der Waals surface area (Å²) >= 11 is 10.3. The van der Waals surface area contributed by atoms with Crippen LogP contribution in [0, 0.1) is 0 Å². The number of benzene rings is 1. The molecule has 1 N–H and O–H groups in total. The summed E-state index contributed by atoms with van der Waals surface area (Å²) in [6.45, 7) is 1.84. The zero-order chi connectivity index (χ0) is 14.5. The Kier molecular flexibility index (Phi) is 5.71. The Morgan fingerprint density at radius 3 is 2.80 bits per heavy atom. The highest BCUT2D eigenvalue weighted by Crippen LogP contribution is 2.30. The molecule has 1 atom stereocenters. The van der Waals surface area contributed by atoms with Crippen molar-refractivity contribution in [1.82, 2.24) is 10.2 Å². The minimum atomic E-state index is -0.253. The minimum absolute atomic E-state index is 0.0850. The molecule has 1 heterocycles. The van der Waals surface area contributed by atoms with Crippen molar-refractivity contribution in [2.24, 2.45) is 0 Å². The predicted molar refractivity (Wildman–Crippen MR) is 87.1 cm³/mol. The molecule has 20 heavy (non-hydrogen) atoms. The molecule has 0 aliphatic carbocycles. The molecule has 1 amide bonds. The molecule has 2 rings (SSSR count). The first kappa shape index (κ1) is 15.6. The van der Waals surface area contributed by atoms with Crippen LogP contribution in [0.3, 0.4) is 0 Å². The van der Waals surface area contributed by atoms with Gasteiger partial charge in [-0.1, -0.05) is 52.5 Å². The van der Waals surface area contributed by atoms with E-state index in [1.165, 1.54) is 23.1 Å². The molecule has 4 nitrogen and oxygen atoms in total. The first-order valence-electron chi connectivity index (χ1n) is 5.69. The number of aromatic nitrogens is 2. The highest BCUT2D eigenvalue weighted by molar-refractivity contribution is 8.03. The van der Waals surface area contributed by atoms with Gasteiger partial charge in [0.1, 0.15) is 0 Å². The van der Waals surface area contributed by atoms with Gasteiger partial charge in [-0.3, -0.25) is 4.79 Å². The Morgan fingerprint density at radius 2 is 2.15 bits per heavy atom. The molecule has 0 saturated carbocycles. The van der Waals surface area contributed by atoms with Gasteiger partial charge >= 0.3 is 0 Å². The van der Waals surface area contributed by atoms with Gasteiger partial charge in [0.15, 0.2) is 8.68 Å². The molecule has 0 bridgehead atoms. The quantitative estimate of drug-likeness (QED) is 0.829. The lowest BCUT2D eigenvalue weighted by Gasteiger charge is -2.10. The average molecular weight is 346 g/mol. The van der Waals surface area contributed by atoms with Gasteiger partial charge in [-0.25, -0.2) is 0 Å². The number of hydrogen-bond donors (Lipinski definition) is 1. The number of halogens is 1. The third-order valence-electron chi connectivity index (χ3n) is 2.30. The van der Waals surface area contributed by atoms with Crippen LogP contribution in [0.1, 0.15) is 6.92 Å². The Labute approximate surface area is 134 Å². The zero-order valence-corrected chi connectivity index (χ0v) is 14.0. The molecule has 8 heteroatoms. The number of rotatable bonds is 5. The van der Waals surface area contributed by atoms with E-state index in [4.69, 9.17) is 11.6 Å². The van der Waals surface area contributed by atoms with E-state index in [1.54, 1.807) is 36.0 Å². The monoisotopic (exact) mass is 345 g/mol. The highest BCUT2D eigenvalue weighted by Gasteiger charge is 2.17. The summed E-state index contributed by atoms with van der Waals surface area (Å²) in [6.07, 6.45) is 1.95. The smallest absolute Gasteiger partial charge is 0.237 e. The molecule has 0 aliphatic rings. The van der Waals surface area contributed by atoms with Crippen molar-refractivity contribution in [1.29, 1.82) is 0 Å². The summed E-state index contributed by atoms with van der Waals surface area (Å²) < 4.78 is 1.69. The fourth-order valence-electron chi connectivity index (χ4n) is 1.34. The van der Waals surface area contributed by atoms with Gasteiger partial charge in [0.25, 0.3) is 0 Å². The van der Waals surface area contributed by atoms with Crippen LogP contribution in [0.25, 0.3) is 0 Å². The summed E-state index contributed by atoms with van der Waals surface area (Å²) in [7, 11) is 0. The van der Waals surface area contributed by atoms with Gasteiger partial charge in [0.05, 0.1) is 5.25 Å². The molecular formula is C12H12ClN3OS3. The molecule has 0 fully saturated rings. The lowest BCUT2D eigenvalue weighted by atomic mass is 10.3. The molecule has 1 unspecified atom stereocenters. The van der Waals surface area contributed by atoms with Crippen molar-refractivity contribution in [2.45, 2.75) is 20.9 Å². The van der Waals surface area contributed by atoms with Gasteiger partial charge in [-0.05, 0) is 31.4 Å². The van der Waals surface area contributed by atoms with Crippen molar-refractivity contribution in [3.63, 3.8) is 0 Å². The second-order valence-electron chi connectivity index (χ2n) is 3.80. The molecule has 0 radical (unpaired) electrons. The fourth-order valence-corrected chi connectivity index (χ4v) is 4.11. The maximum absolute atomic E-state index is 12.1. The number of nitrogens with one attached hydrogen (secondary N) is 1. The molecular weight excluding hydrogens is 334 g/mol. The number of carbonyl (C=O) groups excluding carboxylic acids is 1. The lowest BCUT2D eigenvalue weighted by Crippen LogP contribution is -2.22. The molecule has 0 aliphatic heterocycles. The summed E-state index contributed by atoms with van der Waals surface area (Å²) in [5, 5.41) is 11.2. The van der Waals surface area contributed by atoms with Gasteiger partial charge in [-0.15, -0.1) is 10.2 Å². The Hall–Kier alpha value is -0.760. The molecule has 2 aromatic rings. The molecule has 0 spiro atoms. The van der Waals surface area contributed by atoms with Crippen molar-refractivity contribution in [3.05, 3.63) is 29.3 Å². The van der Waals surface area contributed by atoms with Crippen LogP contribution < -0.4 is 5.32 Å². The largest absolute Gasteiger partial charge is 0.325 e. The van der Waals surface area contributed by atoms with E-state index < -0.39 is 0 Å². The molecule has 1 aromatic heterocycles. The van der Waals surface area contributed by atoms with E-state index in [9.17, 15) is 4.79 Å². The minimum Gasteiger partial charge on any atom is -0.325 e. The Morgan fingerprint density at radius 1 is 1.40 bits per heavy atom. The average Bonchev–Trinajstić information content (AvgIpc) is 2.86. The van der Waals surface area contributed by atoms with Crippen molar-refractivity contribution in [3.8, 4) is 0 Å². The van der Waals surface area contributed by atoms with Gasteiger partial charge < -0.3 is 5.32 Å². The maximum Gasteiger partial charge on any atom is 0.237 e. The third kappa shape index (κ3) is 4.37. The van der Waals surface area contributed by atoms with E-state index >= 15 is 0 Å². The standard InChI is InChI=1S/C12H12ClN3OS3/c1-7(19-12-16-15-11(18-2)20-12)10(17)14-9-5-3-4-8(13)6-9/h3-7H,1-2H3,(H,14,17). The van der Waals surface area contributed by atoms with Gasteiger partial charge in [0.2, 0.25) is 5.91 Å². The van der Waals surface area contributed by atoms with Crippen LogP contribution in [-0.2, 0) is 4.79 Å². The summed E-state index contributed by atoms with van der Waals surface area (Å²) in [5.41, 5.74) is 0.692. The number of hydrogen-bond acceptors (Lipinski definition) is 6. The molecule has 106 valence electrons. The Bertz CT molecular complexity index is 605. The van der Waals surface area contributed by atoms with Crippen LogP contribution in [0.15, 0.2) is 32.9 Å². The van der Waals surface area contributed by atoms with Crippen LogP contribution in [0.5, 0.6) is 0 Å². The highest BCUT2D eigenvalue weighted by atomic mass is 35.5. The number of amides is 1. The van der Waals surface area contributed by atoms with E-state index in [-0.39, 0.29) is 11.2 Å². The second-order valence-corrected chi connectivity index (χ2v) is 7.85. The van der Waals surface area contributed by atoms with E-state index in [2.05, 4.69) is 15.5 Å². The van der Waals surface area contributed by atoms with E-state index in [0.717, 1.165) is 8.68 Å². The first-order chi connectivity index (χ1) is 9.58. The Balaban J connectivity index is 1.95. The summed E-state index contributed by atoms with van der Waals surface area (Å²) in [4.78, 5) is 12.1. The van der Waals surface area contributed by atoms with Crippen molar-refractivity contribution < 1.29 is 4.79 Å². The van der Waals surface area contributed by atoms with Crippen LogP contribution in [0.2, 0.25) is 5.02 Å². The maximum atomic E-state index is 12.1. The number of carbonyl (C=O) groups is 1. The SMILES string of the molecule is CSc1nnc(SC(C)C(=O)Nc2cccc(Cl)c2)s1. The lowest BCUT2D eigenvalue weighted by molar-refractivity contribution is -0.115. The van der Waals surface area contributed by atoms with Crippen molar-refractivity contribution in [2.75, 3.05) is 11.6 Å². The summed E-state index contributed by atoms with van der Waals surface area (Å²) in [6, 6.07) is 7.08. The van der Waals surface area contributed by atoms with Crippen LogP contribution in [-0.4, -0.2) is 27.6 Å². The van der Waals surface area contributed by atoms with Crippen LogP contribution in [0.4, 0.5) is 5.69 Å². The number of thioether (sulfide) groups is 2.